The number of halogens is 3. The normalized spacial score (nSPS) is 12.0. The zero-order chi connectivity index (χ0) is 16.0. The highest BCUT2D eigenvalue weighted by atomic mass is 19.4. The van der Waals surface area contributed by atoms with Crippen molar-refractivity contribution in [2.45, 2.75) is 19.6 Å². The van der Waals surface area contributed by atoms with Gasteiger partial charge in [-0.05, 0) is 38.3 Å². The number of nitrogens with one attached hydrogen (secondary N) is 1. The molecule has 21 heavy (non-hydrogen) atoms. The van der Waals surface area contributed by atoms with E-state index >= 15 is 0 Å². The standard InChI is InChI=1S/C15H24F3N3/c1-5-19-11-12-6-7-13(10-14(12)15(16,17)18)21(4)9-8-20(2)3/h6-7,10,19H,5,8-9,11H2,1-4H3. The van der Waals surface area contributed by atoms with E-state index in [-0.39, 0.29) is 12.1 Å². The van der Waals surface area contributed by atoms with Gasteiger partial charge in [0.2, 0.25) is 0 Å². The lowest BCUT2D eigenvalue weighted by molar-refractivity contribution is -0.138. The summed E-state index contributed by atoms with van der Waals surface area (Å²) in [6, 6.07) is 4.55. The first-order chi connectivity index (χ1) is 9.75. The van der Waals surface area contributed by atoms with E-state index in [1.807, 2.05) is 37.9 Å². The van der Waals surface area contributed by atoms with Gasteiger partial charge in [-0.25, -0.2) is 0 Å². The quantitative estimate of drug-likeness (QED) is 0.835. The van der Waals surface area contributed by atoms with E-state index in [2.05, 4.69) is 5.32 Å². The summed E-state index contributed by atoms with van der Waals surface area (Å²) in [4.78, 5) is 3.84. The summed E-state index contributed by atoms with van der Waals surface area (Å²) in [5, 5.41) is 2.95. The van der Waals surface area contributed by atoms with Gasteiger partial charge in [0, 0.05) is 32.4 Å². The smallest absolute Gasteiger partial charge is 0.373 e. The molecule has 0 heterocycles. The second-order valence-electron chi connectivity index (χ2n) is 5.34. The van der Waals surface area contributed by atoms with Crippen molar-refractivity contribution in [2.75, 3.05) is 45.7 Å². The molecule has 1 N–H and O–H groups in total. The second-order valence-corrected chi connectivity index (χ2v) is 5.34. The molecule has 1 aromatic rings. The Hall–Kier alpha value is -1.27. The number of hydrogen-bond donors (Lipinski definition) is 1. The van der Waals surface area contributed by atoms with Gasteiger partial charge in [-0.2, -0.15) is 13.2 Å². The minimum Gasteiger partial charge on any atom is -0.373 e. The Morgan fingerprint density at radius 3 is 2.29 bits per heavy atom. The Labute approximate surface area is 124 Å². The van der Waals surface area contributed by atoms with E-state index in [0.717, 1.165) is 6.54 Å². The largest absolute Gasteiger partial charge is 0.416 e. The highest BCUT2D eigenvalue weighted by Gasteiger charge is 2.33. The number of nitrogens with zero attached hydrogens (tertiary/aromatic N) is 2. The van der Waals surface area contributed by atoms with Crippen LogP contribution in [0.4, 0.5) is 18.9 Å². The number of anilines is 1. The molecule has 0 saturated carbocycles. The zero-order valence-electron chi connectivity index (χ0n) is 13.1. The molecule has 0 atom stereocenters. The lowest BCUT2D eigenvalue weighted by Gasteiger charge is -2.23. The maximum absolute atomic E-state index is 13.2. The lowest BCUT2D eigenvalue weighted by atomic mass is 10.1. The van der Waals surface area contributed by atoms with Crippen molar-refractivity contribution in [3.8, 4) is 0 Å². The fourth-order valence-corrected chi connectivity index (χ4v) is 1.96. The van der Waals surface area contributed by atoms with Crippen LogP contribution >= 0.6 is 0 Å². The molecule has 0 fully saturated rings. The molecular formula is C15H24F3N3. The Morgan fingerprint density at radius 2 is 1.76 bits per heavy atom. The van der Waals surface area contributed by atoms with Gasteiger partial charge >= 0.3 is 6.18 Å². The monoisotopic (exact) mass is 303 g/mol. The average Bonchev–Trinajstić information content (AvgIpc) is 2.41. The summed E-state index contributed by atoms with van der Waals surface area (Å²) in [5.74, 6) is 0. The molecule has 0 amide bonds. The second kappa shape index (κ2) is 7.66. The van der Waals surface area contributed by atoms with Crippen LogP contribution in [-0.4, -0.2) is 45.7 Å². The molecule has 3 nitrogen and oxygen atoms in total. The molecule has 6 heteroatoms. The first kappa shape index (κ1) is 17.8. The molecular weight excluding hydrogens is 279 g/mol. The minimum atomic E-state index is -4.33. The van der Waals surface area contributed by atoms with Crippen LogP contribution in [0.5, 0.6) is 0 Å². The average molecular weight is 303 g/mol. The van der Waals surface area contributed by atoms with E-state index in [4.69, 9.17) is 0 Å². The van der Waals surface area contributed by atoms with Gasteiger partial charge in [0.25, 0.3) is 0 Å². The van der Waals surface area contributed by atoms with Gasteiger partial charge in [0.15, 0.2) is 0 Å². The maximum atomic E-state index is 13.2. The third-order valence-electron chi connectivity index (χ3n) is 3.29. The first-order valence-electron chi connectivity index (χ1n) is 7.02. The van der Waals surface area contributed by atoms with E-state index in [9.17, 15) is 13.2 Å². The molecule has 0 aliphatic carbocycles. The van der Waals surface area contributed by atoms with Gasteiger partial charge in [0.1, 0.15) is 0 Å². The van der Waals surface area contributed by atoms with Crippen molar-refractivity contribution >= 4 is 5.69 Å². The van der Waals surface area contributed by atoms with E-state index in [1.54, 1.807) is 12.1 Å². The SMILES string of the molecule is CCNCc1ccc(N(C)CCN(C)C)cc1C(F)(F)F. The minimum absolute atomic E-state index is 0.229. The summed E-state index contributed by atoms with van der Waals surface area (Å²) in [7, 11) is 5.69. The summed E-state index contributed by atoms with van der Waals surface area (Å²) in [5.41, 5.74) is 0.316. The molecule has 0 aromatic heterocycles. The third kappa shape index (κ3) is 5.55. The Kier molecular flexibility index (Phi) is 6.48. The van der Waals surface area contributed by atoms with Crippen molar-refractivity contribution in [1.29, 1.82) is 0 Å². The number of benzene rings is 1. The fourth-order valence-electron chi connectivity index (χ4n) is 1.96. The lowest BCUT2D eigenvalue weighted by Crippen LogP contribution is -2.28. The Bertz CT molecular complexity index is 444. The number of alkyl halides is 3. The molecule has 0 aliphatic rings. The number of rotatable bonds is 7. The van der Waals surface area contributed by atoms with Crippen LogP contribution in [0.2, 0.25) is 0 Å². The summed E-state index contributed by atoms with van der Waals surface area (Å²) in [6.45, 7) is 4.21. The summed E-state index contributed by atoms with van der Waals surface area (Å²) >= 11 is 0. The van der Waals surface area contributed by atoms with Gasteiger partial charge in [-0.15, -0.1) is 0 Å². The van der Waals surface area contributed by atoms with Crippen LogP contribution in [-0.2, 0) is 12.7 Å². The predicted octanol–water partition coefficient (Wildman–Crippen LogP) is 2.81. The molecule has 0 spiro atoms. The van der Waals surface area contributed by atoms with Gasteiger partial charge < -0.3 is 15.1 Å². The van der Waals surface area contributed by atoms with Gasteiger partial charge in [-0.1, -0.05) is 13.0 Å². The van der Waals surface area contributed by atoms with Crippen LogP contribution in [0.1, 0.15) is 18.1 Å². The van der Waals surface area contributed by atoms with Crippen LogP contribution < -0.4 is 10.2 Å². The van der Waals surface area contributed by atoms with Crippen molar-refractivity contribution < 1.29 is 13.2 Å². The van der Waals surface area contributed by atoms with E-state index in [0.29, 0.717) is 18.8 Å². The van der Waals surface area contributed by atoms with Crippen LogP contribution in [0.25, 0.3) is 0 Å². The molecule has 1 rings (SSSR count). The number of hydrogen-bond acceptors (Lipinski definition) is 3. The van der Waals surface area contributed by atoms with E-state index < -0.39 is 11.7 Å². The van der Waals surface area contributed by atoms with Crippen molar-refractivity contribution in [1.82, 2.24) is 10.2 Å². The van der Waals surface area contributed by atoms with Gasteiger partial charge in [-0.3, -0.25) is 0 Å². The molecule has 0 unspecified atom stereocenters. The van der Waals surface area contributed by atoms with Crippen molar-refractivity contribution in [3.63, 3.8) is 0 Å². The topological polar surface area (TPSA) is 18.5 Å². The molecule has 120 valence electrons. The number of likely N-dealkylation sites (N-methyl/N-ethyl adjacent to an activating group) is 2. The Balaban J connectivity index is 2.98. The van der Waals surface area contributed by atoms with Crippen LogP contribution in [0.15, 0.2) is 18.2 Å². The molecule has 0 saturated heterocycles. The first-order valence-corrected chi connectivity index (χ1v) is 7.02. The summed E-state index contributed by atoms with van der Waals surface area (Å²) < 4.78 is 39.5. The molecule has 0 radical (unpaired) electrons. The summed E-state index contributed by atoms with van der Waals surface area (Å²) in [6.07, 6.45) is -4.33. The molecule has 0 aliphatic heterocycles. The fraction of sp³-hybridized carbons (Fsp3) is 0.600. The zero-order valence-corrected chi connectivity index (χ0v) is 13.1. The third-order valence-corrected chi connectivity index (χ3v) is 3.29. The highest BCUT2D eigenvalue weighted by Crippen LogP contribution is 2.34. The molecule has 0 bridgehead atoms. The van der Waals surface area contributed by atoms with Crippen molar-refractivity contribution in [3.05, 3.63) is 29.3 Å². The highest BCUT2D eigenvalue weighted by molar-refractivity contribution is 5.51. The molecule has 1 aromatic carbocycles. The van der Waals surface area contributed by atoms with Crippen molar-refractivity contribution in [2.24, 2.45) is 0 Å². The van der Waals surface area contributed by atoms with E-state index in [1.165, 1.54) is 6.07 Å². The van der Waals surface area contributed by atoms with Crippen LogP contribution in [0.3, 0.4) is 0 Å². The maximum Gasteiger partial charge on any atom is 0.416 e. The Morgan fingerprint density at radius 1 is 1.10 bits per heavy atom. The predicted molar refractivity (Wildman–Crippen MR) is 80.6 cm³/mol. The van der Waals surface area contributed by atoms with Crippen LogP contribution in [0, 0.1) is 0 Å². The van der Waals surface area contributed by atoms with Gasteiger partial charge in [0.05, 0.1) is 5.56 Å².